The van der Waals surface area contributed by atoms with Crippen LogP contribution in [0.4, 0.5) is 4.79 Å². The molecule has 0 aromatic rings. The number of alkyl carbamates (subject to hydrolysis) is 1. The first-order valence-electron chi connectivity index (χ1n) is 39.2. The molecule has 89 heavy (non-hydrogen) atoms. The van der Waals surface area contributed by atoms with Crippen LogP contribution in [0.2, 0.25) is 0 Å². The average Bonchev–Trinajstić information content (AvgIpc) is 1.73. The molecule has 0 aromatic heterocycles. The smallest absolute Gasteiger partial charge is 0.756 e. The number of aliphatic hydroxyl groups excluding tert-OH is 2. The van der Waals surface area contributed by atoms with E-state index in [2.05, 4.69) is 66.8 Å². The summed E-state index contributed by atoms with van der Waals surface area (Å²) in [5.41, 5.74) is 2.60. The Morgan fingerprint density at radius 1 is 0.573 bits per heavy atom. The van der Waals surface area contributed by atoms with E-state index in [1.54, 1.807) is 5.57 Å². The fourth-order valence-corrected chi connectivity index (χ4v) is 17.7. The molecule has 1 heterocycles. The number of aliphatic hydroxyl groups is 2. The molecule has 0 bridgehead atoms. The number of carbonyl (C=O) groups is 1. The van der Waals surface area contributed by atoms with E-state index >= 15 is 0 Å². The van der Waals surface area contributed by atoms with Gasteiger partial charge in [-0.1, -0.05) is 337 Å². The number of phosphoric acid groups is 1. The molecule has 2 unspecified atom stereocenters. The third kappa shape index (κ3) is 36.8. The molecule has 4 aliphatic carbocycles. The molecule has 3 saturated carbocycles. The number of unbranched alkanes of at least 4 members (excludes halogenated alkanes) is 38. The van der Waals surface area contributed by atoms with Crippen molar-refractivity contribution < 1.29 is 67.8 Å². The first-order valence-corrected chi connectivity index (χ1v) is 40.7. The molecule has 1 amide bonds. The molecule has 0 radical (unpaired) electrons. The molecule has 0 aromatic carbocycles. The number of hydrogen-bond acceptors (Lipinski definition) is 8. The maximum Gasteiger partial charge on any atom is 1.00 e. The number of cyclic esters (lactones) is 1. The number of rotatable bonds is 52. The summed E-state index contributed by atoms with van der Waals surface area (Å²) in [6.07, 6.45) is 70.8. The number of amides is 1. The summed E-state index contributed by atoms with van der Waals surface area (Å²) in [7, 11) is -4.12. The number of hydrogen-bond donors (Lipinski definition) is 3. The molecule has 5 rings (SSSR count). The van der Waals surface area contributed by atoms with Crippen molar-refractivity contribution in [1.82, 2.24) is 5.32 Å². The monoisotopic (exact) mass is 1280 g/mol. The zero-order chi connectivity index (χ0) is 64.0. The van der Waals surface area contributed by atoms with E-state index in [1.807, 2.05) is 0 Å². The fourth-order valence-electron chi connectivity index (χ4n) is 17.0. The van der Waals surface area contributed by atoms with Gasteiger partial charge in [0.05, 0.1) is 32.0 Å². The van der Waals surface area contributed by atoms with Gasteiger partial charge in [0.15, 0.2) is 0 Å². The second-order valence-corrected chi connectivity index (χ2v) is 31.8. The summed E-state index contributed by atoms with van der Waals surface area (Å²) in [5.74, 6) is 5.46. The zero-order valence-corrected chi connectivity index (χ0v) is 63.6. The second kappa shape index (κ2) is 53.1. The maximum absolute atomic E-state index is 11.9. The predicted molar refractivity (Wildman–Crippen MR) is 374 cm³/mol. The average molecular weight is 1280 g/mol. The van der Waals surface area contributed by atoms with Crippen molar-refractivity contribution in [1.29, 1.82) is 0 Å². The number of fused-ring (bicyclic) bond motifs is 5. The molecule has 10 atom stereocenters. The maximum atomic E-state index is 11.9. The summed E-state index contributed by atoms with van der Waals surface area (Å²) in [5, 5.41) is 22.1. The van der Waals surface area contributed by atoms with Gasteiger partial charge in [0, 0.05) is 0 Å². The fraction of sp³-hybridized carbons (Fsp3) is 0.962. The van der Waals surface area contributed by atoms with Crippen LogP contribution >= 0.6 is 7.82 Å². The first kappa shape index (κ1) is 85.1. The normalized spacial score (nSPS) is 24.9. The van der Waals surface area contributed by atoms with Crippen LogP contribution in [0.1, 0.15) is 396 Å². The van der Waals surface area contributed by atoms with Crippen molar-refractivity contribution in [2.45, 2.75) is 414 Å². The van der Waals surface area contributed by atoms with Gasteiger partial charge in [-0.15, -0.1) is 0 Å². The Morgan fingerprint density at radius 2 is 0.989 bits per heavy atom. The van der Waals surface area contributed by atoms with Gasteiger partial charge in [0.2, 0.25) is 0 Å². The molecule has 520 valence electrons. The number of nitrogens with one attached hydrogen (secondary N) is 1. The molecule has 1 saturated heterocycles. The van der Waals surface area contributed by atoms with Gasteiger partial charge in [-0.05, 0) is 117 Å². The van der Waals surface area contributed by atoms with Crippen molar-refractivity contribution in [3.8, 4) is 0 Å². The minimum absolute atomic E-state index is 0. The predicted octanol–water partition coefficient (Wildman–Crippen LogP) is 20.8. The van der Waals surface area contributed by atoms with Crippen molar-refractivity contribution in [3.05, 3.63) is 11.6 Å². The van der Waals surface area contributed by atoms with Gasteiger partial charge < -0.3 is 34.2 Å². The Morgan fingerprint density at radius 3 is 1.40 bits per heavy atom. The minimum atomic E-state index is -4.12. The third-order valence-corrected chi connectivity index (χ3v) is 23.6. The van der Waals surface area contributed by atoms with E-state index in [4.69, 9.17) is 18.9 Å². The quantitative estimate of drug-likeness (QED) is 0.0237. The van der Waals surface area contributed by atoms with E-state index in [0.29, 0.717) is 10.8 Å². The molecule has 5 aliphatic rings. The number of ether oxygens (including phenoxy) is 1. The van der Waals surface area contributed by atoms with E-state index in [1.165, 1.54) is 289 Å². The number of carbonyl (C=O) groups excluding carboxylic acids is 1. The second-order valence-electron chi connectivity index (χ2n) is 30.4. The van der Waals surface area contributed by atoms with Crippen molar-refractivity contribution >= 4 is 13.9 Å². The van der Waals surface area contributed by atoms with Crippen LogP contribution in [0.3, 0.4) is 0 Å². The Kier molecular flexibility index (Phi) is 50.8. The van der Waals surface area contributed by atoms with E-state index < -0.39 is 7.82 Å². The van der Waals surface area contributed by atoms with Gasteiger partial charge in [-0.25, -0.2) is 4.79 Å². The summed E-state index contributed by atoms with van der Waals surface area (Å²) < 4.78 is 26.9. The third-order valence-electron chi connectivity index (χ3n) is 22.6. The van der Waals surface area contributed by atoms with Crippen LogP contribution in [0.5, 0.6) is 0 Å². The molecule has 9 nitrogen and oxygen atoms in total. The van der Waals surface area contributed by atoms with Crippen molar-refractivity contribution in [2.75, 3.05) is 19.8 Å². The molecular weight excluding hydrogens is 1130 g/mol. The molecule has 4 fully saturated rings. The van der Waals surface area contributed by atoms with Crippen LogP contribution < -0.4 is 39.8 Å². The van der Waals surface area contributed by atoms with Gasteiger partial charge in [-0.2, -0.15) is 0 Å². The van der Waals surface area contributed by atoms with Crippen molar-refractivity contribution in [3.63, 3.8) is 0 Å². The van der Waals surface area contributed by atoms with Crippen LogP contribution in [0.25, 0.3) is 0 Å². The van der Waals surface area contributed by atoms with Gasteiger partial charge in [0.1, 0.15) is 6.10 Å². The van der Waals surface area contributed by atoms with Crippen LogP contribution in [-0.2, 0) is 18.3 Å². The zero-order valence-electron chi connectivity index (χ0n) is 60.7. The molecular formula is C78H149NNaO8P. The number of phosphoric ester groups is 1. The summed E-state index contributed by atoms with van der Waals surface area (Å²) in [4.78, 5) is 23.0. The van der Waals surface area contributed by atoms with Gasteiger partial charge in [-0.3, -0.25) is 4.57 Å². The Balaban J connectivity index is 0.000000465. The minimum Gasteiger partial charge on any atom is -0.756 e. The summed E-state index contributed by atoms with van der Waals surface area (Å²) in [6.45, 7) is 19.8. The van der Waals surface area contributed by atoms with E-state index in [9.17, 15) is 19.4 Å². The molecule has 3 N–H and O–H groups in total. The Labute approximate surface area is 575 Å². The van der Waals surface area contributed by atoms with Gasteiger partial charge >= 0.3 is 35.7 Å². The van der Waals surface area contributed by atoms with E-state index in [0.717, 1.165) is 86.9 Å². The molecule has 0 spiro atoms. The largest absolute Gasteiger partial charge is 1.00 e. The summed E-state index contributed by atoms with van der Waals surface area (Å²) >= 11 is 0. The topological polar surface area (TPSA) is 137 Å². The standard InChI is InChI=1S/C32H67O4P.C27H46O.C19H37NO3.Na/c1-3-5-7-9-11-13-15-17-19-21-23-25-27-29-31-35-37(33,34)36-32-30-28-26-24-22-20-18-16-14-12-10-8-6-4-2;1-18(2)7-6-8-19(3)23-11-12-24-22-10-9-20-17-21(28)13-15-26(20,4)25(22)14-16-27(23,24)5;1-2-3-4-5-6-7-8-9-10-11-12-13-14-15-17-18(16-21)23-19(22)20-17;/h3-32H2,1-2H3,(H,33,34);9,18-19,21-25,28H,6-8,10-17H2,1-5H3;17-18,21H,2-16H2,1H3,(H,20,22);/q;;;+1/p-1/t;19-,21+,22+,23-,24+,25+,26+,27-;;/m.1../s1. The first-order chi connectivity index (χ1) is 42.6. The summed E-state index contributed by atoms with van der Waals surface area (Å²) in [6, 6.07) is 0.000193. The van der Waals surface area contributed by atoms with Crippen LogP contribution in [0.15, 0.2) is 11.6 Å². The molecule has 1 aliphatic heterocycles. The number of allylic oxidation sites excluding steroid dienone is 1. The Bertz CT molecular complexity index is 1710. The Hall–Kier alpha value is 0.0400. The SMILES string of the molecule is CC(C)CCC[C@@H](C)[C@H]1CC[C@H]2[C@@H]3CC=C4C[C@@H](O)CC[C@]4(C)[C@H]3CC[C@]12C.CCCCCCCCCCCCCCCC1NC(=O)OC1CO.CCCCCCCCCCCCCCCCOP(=O)([O-])OCCCCCCCCCCCCCCCC.[Na+]. The van der Waals surface area contributed by atoms with Crippen LogP contribution in [-0.4, -0.2) is 54.4 Å². The van der Waals surface area contributed by atoms with Gasteiger partial charge in [0.25, 0.3) is 7.82 Å². The van der Waals surface area contributed by atoms with Crippen LogP contribution in [0, 0.1) is 46.3 Å². The molecule has 11 heteroatoms. The van der Waals surface area contributed by atoms with Crippen molar-refractivity contribution in [2.24, 2.45) is 46.3 Å². The van der Waals surface area contributed by atoms with E-state index in [-0.39, 0.29) is 73.7 Å².